The van der Waals surface area contributed by atoms with Crippen LogP contribution in [0.25, 0.3) is 0 Å². The fourth-order valence-corrected chi connectivity index (χ4v) is 3.24. The van der Waals surface area contributed by atoms with Gasteiger partial charge in [0.1, 0.15) is 5.82 Å². The Kier molecular flexibility index (Phi) is 4.57. The monoisotopic (exact) mass is 328 g/mol. The number of nitrogens with two attached hydrogens (primary N) is 1. The molecule has 1 aromatic heterocycles. The first kappa shape index (κ1) is 15.5. The number of hydrogen-bond acceptors (Lipinski definition) is 6. The molecule has 6 nitrogen and oxygen atoms in total. The van der Waals surface area contributed by atoms with Crippen molar-refractivity contribution >= 4 is 29.4 Å². The third-order valence-corrected chi connectivity index (χ3v) is 4.49. The summed E-state index contributed by atoms with van der Waals surface area (Å²) in [5.41, 5.74) is 6.60. The fourth-order valence-electron chi connectivity index (χ4n) is 2.40. The lowest BCUT2D eigenvalue weighted by atomic mass is 10.1. The Balaban J connectivity index is 1.47. The number of amides is 2. The zero-order valence-corrected chi connectivity index (χ0v) is 13.3. The molecule has 1 aliphatic rings. The van der Waals surface area contributed by atoms with Gasteiger partial charge in [0.15, 0.2) is 5.16 Å². The van der Waals surface area contributed by atoms with Gasteiger partial charge in [-0.1, -0.05) is 23.9 Å². The number of thioether (sulfide) groups is 1. The molecule has 0 atom stereocenters. The van der Waals surface area contributed by atoms with Crippen molar-refractivity contribution in [2.24, 2.45) is 0 Å². The highest BCUT2D eigenvalue weighted by Crippen LogP contribution is 2.23. The van der Waals surface area contributed by atoms with E-state index in [4.69, 9.17) is 5.73 Å². The van der Waals surface area contributed by atoms with Crippen molar-refractivity contribution in [3.05, 3.63) is 47.7 Å². The lowest BCUT2D eigenvalue weighted by Gasteiger charge is -2.13. The van der Waals surface area contributed by atoms with Crippen LogP contribution in [0.1, 0.15) is 33.6 Å². The Bertz CT molecular complexity index is 715. The van der Waals surface area contributed by atoms with Gasteiger partial charge in [-0.25, -0.2) is 9.97 Å². The molecule has 0 saturated carbocycles. The van der Waals surface area contributed by atoms with Gasteiger partial charge in [-0.3, -0.25) is 14.5 Å². The highest BCUT2D eigenvalue weighted by atomic mass is 32.2. The van der Waals surface area contributed by atoms with Crippen LogP contribution in [0.5, 0.6) is 0 Å². The first-order valence-electron chi connectivity index (χ1n) is 7.33. The zero-order chi connectivity index (χ0) is 16.2. The van der Waals surface area contributed by atoms with E-state index in [0.717, 1.165) is 18.6 Å². The Morgan fingerprint density at radius 1 is 1.04 bits per heavy atom. The van der Waals surface area contributed by atoms with Gasteiger partial charge in [0.05, 0.1) is 11.1 Å². The standard InChI is InChI=1S/C16H16N4O2S/c17-13-7-8-18-16(19-13)23-10-4-3-9-20-14(21)11-5-1-2-6-12(11)15(20)22/h1-2,5-8H,3-4,9-10H2,(H2,17,18,19). The number of rotatable bonds is 6. The molecule has 2 amide bonds. The molecule has 0 fully saturated rings. The molecule has 3 rings (SSSR count). The first-order valence-corrected chi connectivity index (χ1v) is 8.32. The summed E-state index contributed by atoms with van der Waals surface area (Å²) in [5, 5.41) is 0.644. The second-order valence-corrected chi connectivity index (χ2v) is 6.19. The van der Waals surface area contributed by atoms with Gasteiger partial charge < -0.3 is 5.73 Å². The summed E-state index contributed by atoms with van der Waals surface area (Å²) < 4.78 is 0. The van der Waals surface area contributed by atoms with E-state index in [9.17, 15) is 9.59 Å². The Morgan fingerprint density at radius 3 is 2.39 bits per heavy atom. The average molecular weight is 328 g/mol. The van der Waals surface area contributed by atoms with Crippen LogP contribution in [0.3, 0.4) is 0 Å². The van der Waals surface area contributed by atoms with Crippen molar-refractivity contribution in [2.75, 3.05) is 18.0 Å². The van der Waals surface area contributed by atoms with Crippen molar-refractivity contribution in [1.29, 1.82) is 0 Å². The number of unbranched alkanes of at least 4 members (excludes halogenated alkanes) is 1. The number of benzene rings is 1. The van der Waals surface area contributed by atoms with E-state index in [1.165, 1.54) is 16.7 Å². The van der Waals surface area contributed by atoms with Gasteiger partial charge >= 0.3 is 0 Å². The number of hydrogen-bond donors (Lipinski definition) is 1. The third-order valence-electron chi connectivity index (χ3n) is 3.54. The number of anilines is 1. The molecule has 0 radical (unpaired) electrons. The summed E-state index contributed by atoms with van der Waals surface area (Å²) in [6, 6.07) is 8.59. The minimum absolute atomic E-state index is 0.197. The molecule has 7 heteroatoms. The maximum atomic E-state index is 12.2. The molecular weight excluding hydrogens is 312 g/mol. The third kappa shape index (κ3) is 3.34. The molecule has 0 bridgehead atoms. The number of aromatic nitrogens is 2. The van der Waals surface area contributed by atoms with Crippen LogP contribution >= 0.6 is 11.8 Å². The predicted octanol–water partition coefficient (Wildman–Crippen LogP) is 2.23. The number of carbonyl (C=O) groups excluding carboxylic acids is 2. The normalized spacial score (nSPS) is 13.5. The smallest absolute Gasteiger partial charge is 0.261 e. The maximum absolute atomic E-state index is 12.2. The lowest BCUT2D eigenvalue weighted by molar-refractivity contribution is 0.0652. The number of nitrogens with zero attached hydrogens (tertiary/aromatic N) is 3. The first-order chi connectivity index (χ1) is 11.2. The molecule has 2 heterocycles. The van der Waals surface area contributed by atoms with E-state index < -0.39 is 0 Å². The van der Waals surface area contributed by atoms with E-state index in [2.05, 4.69) is 9.97 Å². The predicted molar refractivity (Wildman–Crippen MR) is 88.2 cm³/mol. The molecule has 2 aromatic rings. The zero-order valence-electron chi connectivity index (χ0n) is 12.4. The Morgan fingerprint density at radius 2 is 1.74 bits per heavy atom. The molecule has 0 aliphatic carbocycles. The summed E-state index contributed by atoms with van der Waals surface area (Å²) in [7, 11) is 0. The molecule has 0 spiro atoms. The maximum Gasteiger partial charge on any atom is 0.261 e. The molecule has 118 valence electrons. The SMILES string of the molecule is Nc1ccnc(SCCCCN2C(=O)c3ccccc3C2=O)n1. The topological polar surface area (TPSA) is 89.2 Å². The quantitative estimate of drug-likeness (QED) is 0.378. The summed E-state index contributed by atoms with van der Waals surface area (Å²) in [5.74, 6) is 0.871. The van der Waals surface area contributed by atoms with Crippen molar-refractivity contribution in [2.45, 2.75) is 18.0 Å². The van der Waals surface area contributed by atoms with Crippen molar-refractivity contribution < 1.29 is 9.59 Å². The van der Waals surface area contributed by atoms with Crippen LogP contribution in [0.15, 0.2) is 41.7 Å². The summed E-state index contributed by atoms with van der Waals surface area (Å²) in [6.07, 6.45) is 3.24. The van der Waals surface area contributed by atoms with Crippen LogP contribution < -0.4 is 5.73 Å². The minimum atomic E-state index is -0.197. The molecule has 0 unspecified atom stereocenters. The molecule has 1 aromatic carbocycles. The molecule has 1 aliphatic heterocycles. The molecule has 0 saturated heterocycles. The van der Waals surface area contributed by atoms with Gasteiger partial charge in [0, 0.05) is 18.5 Å². The molecular formula is C16H16N4O2S. The van der Waals surface area contributed by atoms with Gasteiger partial charge in [0.25, 0.3) is 11.8 Å². The Labute approximate surface area is 138 Å². The fraction of sp³-hybridized carbons (Fsp3) is 0.250. The molecule has 2 N–H and O–H groups in total. The van der Waals surface area contributed by atoms with E-state index in [0.29, 0.717) is 28.6 Å². The second-order valence-electron chi connectivity index (χ2n) is 5.13. The molecule has 23 heavy (non-hydrogen) atoms. The van der Waals surface area contributed by atoms with E-state index >= 15 is 0 Å². The van der Waals surface area contributed by atoms with Gasteiger partial charge in [-0.15, -0.1) is 0 Å². The number of carbonyl (C=O) groups is 2. The van der Waals surface area contributed by atoms with E-state index in [1.54, 1.807) is 36.5 Å². The van der Waals surface area contributed by atoms with Crippen LogP contribution in [0, 0.1) is 0 Å². The van der Waals surface area contributed by atoms with Crippen LogP contribution in [-0.2, 0) is 0 Å². The van der Waals surface area contributed by atoms with Crippen molar-refractivity contribution in [3.8, 4) is 0 Å². The van der Waals surface area contributed by atoms with Crippen molar-refractivity contribution in [3.63, 3.8) is 0 Å². The number of nitrogen functional groups attached to an aromatic ring is 1. The number of fused-ring (bicyclic) bond motifs is 1. The summed E-state index contributed by atoms with van der Waals surface area (Å²) >= 11 is 1.52. The van der Waals surface area contributed by atoms with E-state index in [1.807, 2.05) is 0 Å². The van der Waals surface area contributed by atoms with Gasteiger partial charge in [0.2, 0.25) is 0 Å². The summed E-state index contributed by atoms with van der Waals surface area (Å²) in [6.45, 7) is 0.435. The second kappa shape index (κ2) is 6.78. The van der Waals surface area contributed by atoms with Gasteiger partial charge in [-0.2, -0.15) is 0 Å². The van der Waals surface area contributed by atoms with Crippen LogP contribution in [0.2, 0.25) is 0 Å². The van der Waals surface area contributed by atoms with Crippen LogP contribution in [-0.4, -0.2) is 39.0 Å². The number of imide groups is 1. The van der Waals surface area contributed by atoms with Crippen LogP contribution in [0.4, 0.5) is 5.82 Å². The summed E-state index contributed by atoms with van der Waals surface area (Å²) in [4.78, 5) is 33.9. The van der Waals surface area contributed by atoms with Crippen molar-refractivity contribution in [1.82, 2.24) is 14.9 Å². The Hall–Kier alpha value is -2.41. The minimum Gasteiger partial charge on any atom is -0.384 e. The lowest BCUT2D eigenvalue weighted by Crippen LogP contribution is -2.30. The highest BCUT2D eigenvalue weighted by molar-refractivity contribution is 7.99. The van der Waals surface area contributed by atoms with Gasteiger partial charge in [-0.05, 0) is 31.0 Å². The highest BCUT2D eigenvalue weighted by Gasteiger charge is 2.34. The van der Waals surface area contributed by atoms with E-state index in [-0.39, 0.29) is 11.8 Å². The largest absolute Gasteiger partial charge is 0.384 e. The average Bonchev–Trinajstić information content (AvgIpc) is 2.80.